The summed E-state index contributed by atoms with van der Waals surface area (Å²) >= 11 is 0. The second-order valence-corrected chi connectivity index (χ2v) is 5.50. The molecule has 1 saturated heterocycles. The molecule has 2 rings (SSSR count). The minimum absolute atomic E-state index is 0.0435. The van der Waals surface area contributed by atoms with E-state index in [0.717, 1.165) is 6.54 Å². The van der Waals surface area contributed by atoms with Gasteiger partial charge in [-0.2, -0.15) is 0 Å². The predicted molar refractivity (Wildman–Crippen MR) is 76.1 cm³/mol. The second-order valence-electron chi connectivity index (χ2n) is 5.50. The van der Waals surface area contributed by atoms with Gasteiger partial charge >= 0.3 is 0 Å². The highest BCUT2D eigenvalue weighted by Crippen LogP contribution is 2.21. The first-order valence-electron chi connectivity index (χ1n) is 6.80. The highest BCUT2D eigenvalue weighted by atomic mass is 16.3. The van der Waals surface area contributed by atoms with Gasteiger partial charge < -0.3 is 20.6 Å². The Labute approximate surface area is 119 Å². The van der Waals surface area contributed by atoms with E-state index in [1.807, 2.05) is 19.0 Å². The van der Waals surface area contributed by atoms with Gasteiger partial charge in [0, 0.05) is 37.4 Å². The van der Waals surface area contributed by atoms with Crippen LogP contribution in [0.4, 0.5) is 0 Å². The number of amides is 1. The van der Waals surface area contributed by atoms with E-state index in [9.17, 15) is 9.90 Å². The van der Waals surface area contributed by atoms with Crippen LogP contribution in [0.2, 0.25) is 0 Å². The number of rotatable bonds is 4. The summed E-state index contributed by atoms with van der Waals surface area (Å²) in [5.41, 5.74) is 6.83. The molecule has 2 atom stereocenters. The van der Waals surface area contributed by atoms with Crippen LogP contribution < -0.4 is 5.73 Å². The van der Waals surface area contributed by atoms with Crippen LogP contribution in [-0.2, 0) is 6.54 Å². The van der Waals surface area contributed by atoms with Crippen molar-refractivity contribution in [3.8, 4) is 0 Å². The first kappa shape index (κ1) is 14.9. The monoisotopic (exact) mass is 278 g/mol. The lowest BCUT2D eigenvalue weighted by atomic mass is 10.1. The van der Waals surface area contributed by atoms with E-state index in [2.05, 4.69) is 4.98 Å². The number of nitrogens with two attached hydrogens (primary N) is 1. The number of carbonyl (C=O) groups is 1. The summed E-state index contributed by atoms with van der Waals surface area (Å²) in [5.74, 6) is -0.0644. The molecule has 0 radical (unpaired) electrons. The standard InChI is InChI=1S/C14H22N4O2/c1-17(2)8-12-6-13(19)9-18(12)14(20)10-3-4-16-11(5-10)7-15/h3-5,12-13,19H,6-9,15H2,1-2H3. The summed E-state index contributed by atoms with van der Waals surface area (Å²) in [7, 11) is 3.93. The molecule has 1 aliphatic rings. The lowest BCUT2D eigenvalue weighted by Gasteiger charge is -2.27. The Morgan fingerprint density at radius 2 is 2.35 bits per heavy atom. The maximum Gasteiger partial charge on any atom is 0.254 e. The van der Waals surface area contributed by atoms with Gasteiger partial charge in [-0.05, 0) is 32.6 Å². The Morgan fingerprint density at radius 3 is 3.00 bits per heavy atom. The van der Waals surface area contributed by atoms with E-state index in [1.165, 1.54) is 0 Å². The van der Waals surface area contributed by atoms with Crippen molar-refractivity contribution >= 4 is 5.91 Å². The zero-order valence-electron chi connectivity index (χ0n) is 12.0. The second kappa shape index (κ2) is 6.30. The van der Waals surface area contributed by atoms with Gasteiger partial charge in [0.25, 0.3) is 5.91 Å². The SMILES string of the molecule is CN(C)CC1CC(O)CN1C(=O)c1ccnc(CN)c1. The molecule has 1 fully saturated rings. The van der Waals surface area contributed by atoms with Crippen molar-refractivity contribution in [3.63, 3.8) is 0 Å². The third-order valence-corrected chi connectivity index (χ3v) is 3.50. The first-order chi connectivity index (χ1) is 9.51. The molecule has 0 spiro atoms. The molecule has 0 aromatic carbocycles. The first-order valence-corrected chi connectivity index (χ1v) is 6.80. The number of carbonyl (C=O) groups excluding carboxylic acids is 1. The average Bonchev–Trinajstić information content (AvgIpc) is 2.78. The molecule has 2 unspecified atom stereocenters. The van der Waals surface area contributed by atoms with Crippen LogP contribution in [0.15, 0.2) is 18.3 Å². The van der Waals surface area contributed by atoms with Gasteiger partial charge in [-0.15, -0.1) is 0 Å². The van der Waals surface area contributed by atoms with Gasteiger partial charge in [-0.1, -0.05) is 0 Å². The lowest BCUT2D eigenvalue weighted by Crippen LogP contribution is -2.41. The normalized spacial score (nSPS) is 22.6. The van der Waals surface area contributed by atoms with Crippen molar-refractivity contribution in [3.05, 3.63) is 29.6 Å². The zero-order valence-corrected chi connectivity index (χ0v) is 12.0. The molecule has 1 aromatic heterocycles. The van der Waals surface area contributed by atoms with Gasteiger partial charge in [0.05, 0.1) is 11.8 Å². The van der Waals surface area contributed by atoms with Gasteiger partial charge in [0.15, 0.2) is 0 Å². The van der Waals surface area contributed by atoms with Crippen LogP contribution >= 0.6 is 0 Å². The van der Waals surface area contributed by atoms with Crippen LogP contribution in [0.5, 0.6) is 0 Å². The average molecular weight is 278 g/mol. The third kappa shape index (κ3) is 3.33. The van der Waals surface area contributed by atoms with Crippen LogP contribution in [-0.4, -0.2) is 65.1 Å². The molecule has 0 aliphatic carbocycles. The summed E-state index contributed by atoms with van der Waals surface area (Å²) in [6.07, 6.45) is 1.78. The summed E-state index contributed by atoms with van der Waals surface area (Å²) in [4.78, 5) is 20.5. The van der Waals surface area contributed by atoms with Crippen molar-refractivity contribution in [1.82, 2.24) is 14.8 Å². The fraction of sp³-hybridized carbons (Fsp3) is 0.571. The summed E-state index contributed by atoms with van der Waals surface area (Å²) in [6, 6.07) is 3.46. The third-order valence-electron chi connectivity index (χ3n) is 3.50. The number of hydrogen-bond donors (Lipinski definition) is 2. The van der Waals surface area contributed by atoms with Crippen LogP contribution in [0.25, 0.3) is 0 Å². The molecular formula is C14H22N4O2. The Balaban J connectivity index is 2.17. The molecule has 1 aromatic rings. The number of aliphatic hydroxyl groups is 1. The molecule has 20 heavy (non-hydrogen) atoms. The van der Waals surface area contributed by atoms with E-state index >= 15 is 0 Å². The Kier molecular flexibility index (Phi) is 4.69. The summed E-state index contributed by atoms with van der Waals surface area (Å²) < 4.78 is 0. The van der Waals surface area contributed by atoms with Crippen molar-refractivity contribution < 1.29 is 9.90 Å². The van der Waals surface area contributed by atoms with Crippen LogP contribution in [0.3, 0.4) is 0 Å². The molecule has 6 nitrogen and oxygen atoms in total. The molecule has 0 saturated carbocycles. The zero-order chi connectivity index (χ0) is 14.7. The summed E-state index contributed by atoms with van der Waals surface area (Å²) in [5, 5.41) is 9.83. The molecule has 110 valence electrons. The lowest BCUT2D eigenvalue weighted by molar-refractivity contribution is 0.0699. The highest BCUT2D eigenvalue weighted by Gasteiger charge is 2.34. The van der Waals surface area contributed by atoms with E-state index in [4.69, 9.17) is 5.73 Å². The number of likely N-dealkylation sites (tertiary alicyclic amines) is 1. The smallest absolute Gasteiger partial charge is 0.254 e. The van der Waals surface area contributed by atoms with Gasteiger partial charge in [0.1, 0.15) is 0 Å². The number of aliphatic hydroxyl groups excluding tert-OH is 1. The van der Waals surface area contributed by atoms with Crippen LogP contribution in [0, 0.1) is 0 Å². The number of pyridine rings is 1. The van der Waals surface area contributed by atoms with Crippen molar-refractivity contribution in [1.29, 1.82) is 0 Å². The largest absolute Gasteiger partial charge is 0.391 e. The predicted octanol–water partition coefficient (Wildman–Crippen LogP) is -0.323. The number of aromatic nitrogens is 1. The number of hydrogen-bond acceptors (Lipinski definition) is 5. The highest BCUT2D eigenvalue weighted by molar-refractivity contribution is 5.94. The minimum Gasteiger partial charge on any atom is -0.391 e. The Morgan fingerprint density at radius 1 is 1.60 bits per heavy atom. The van der Waals surface area contributed by atoms with Gasteiger partial charge in [0.2, 0.25) is 0 Å². The van der Waals surface area contributed by atoms with Crippen molar-refractivity contribution in [2.24, 2.45) is 5.73 Å². The Hall–Kier alpha value is -1.50. The summed E-state index contributed by atoms with van der Waals surface area (Å²) in [6.45, 7) is 1.44. The molecule has 0 bridgehead atoms. The quantitative estimate of drug-likeness (QED) is 0.788. The van der Waals surface area contributed by atoms with E-state index < -0.39 is 6.10 Å². The number of β-amino-alcohol motifs (C(OH)–C–C–N with tert-alkyl or cyclic N) is 1. The minimum atomic E-state index is -0.445. The fourth-order valence-corrected chi connectivity index (χ4v) is 2.62. The van der Waals surface area contributed by atoms with Gasteiger partial charge in [-0.3, -0.25) is 9.78 Å². The molecule has 3 N–H and O–H groups in total. The number of likely N-dealkylation sites (N-methyl/N-ethyl adjacent to an activating group) is 1. The topological polar surface area (TPSA) is 82.7 Å². The molecule has 2 heterocycles. The molecule has 6 heteroatoms. The maximum absolute atomic E-state index is 12.6. The van der Waals surface area contributed by atoms with Crippen LogP contribution in [0.1, 0.15) is 22.5 Å². The van der Waals surface area contributed by atoms with E-state index in [-0.39, 0.29) is 11.9 Å². The Bertz CT molecular complexity index is 478. The van der Waals surface area contributed by atoms with E-state index in [0.29, 0.717) is 30.8 Å². The van der Waals surface area contributed by atoms with E-state index in [1.54, 1.807) is 23.2 Å². The molecular weight excluding hydrogens is 256 g/mol. The molecule has 1 amide bonds. The van der Waals surface area contributed by atoms with Crippen molar-refractivity contribution in [2.75, 3.05) is 27.2 Å². The maximum atomic E-state index is 12.6. The fourth-order valence-electron chi connectivity index (χ4n) is 2.62. The van der Waals surface area contributed by atoms with Gasteiger partial charge in [-0.25, -0.2) is 0 Å². The molecule has 1 aliphatic heterocycles. The van der Waals surface area contributed by atoms with Crippen molar-refractivity contribution in [2.45, 2.75) is 25.1 Å². The number of nitrogens with zero attached hydrogens (tertiary/aromatic N) is 3.